The lowest BCUT2D eigenvalue weighted by atomic mass is 10.0. The van der Waals surface area contributed by atoms with Crippen molar-refractivity contribution in [3.63, 3.8) is 0 Å². The summed E-state index contributed by atoms with van der Waals surface area (Å²) in [4.78, 5) is 28.9. The SMILES string of the molecule is Cc1ccccc1C(=O)N1CC(=O)N(C(C)C)c2ccccc21. The van der Waals surface area contributed by atoms with Gasteiger partial charge in [-0.05, 0) is 44.5 Å². The van der Waals surface area contributed by atoms with Crippen molar-refractivity contribution in [2.24, 2.45) is 0 Å². The van der Waals surface area contributed by atoms with Crippen LogP contribution in [0.5, 0.6) is 0 Å². The quantitative estimate of drug-likeness (QED) is 0.853. The Morgan fingerprint density at radius 1 is 1.00 bits per heavy atom. The number of nitrogens with zero attached hydrogens (tertiary/aromatic N) is 2. The molecule has 0 N–H and O–H groups in total. The molecule has 1 aliphatic heterocycles. The molecule has 1 heterocycles. The van der Waals surface area contributed by atoms with Crippen molar-refractivity contribution < 1.29 is 9.59 Å². The summed E-state index contributed by atoms with van der Waals surface area (Å²) in [5.41, 5.74) is 3.12. The molecule has 0 aliphatic carbocycles. The number of hydrogen-bond donors (Lipinski definition) is 0. The Morgan fingerprint density at radius 3 is 2.26 bits per heavy atom. The number of amides is 2. The predicted molar refractivity (Wildman–Crippen MR) is 91.9 cm³/mol. The summed E-state index contributed by atoms with van der Waals surface area (Å²) < 4.78 is 0. The third-order valence-corrected chi connectivity index (χ3v) is 4.13. The summed E-state index contributed by atoms with van der Waals surface area (Å²) in [5.74, 6) is -0.187. The Kier molecular flexibility index (Phi) is 3.90. The number of hydrogen-bond acceptors (Lipinski definition) is 2. The van der Waals surface area contributed by atoms with Gasteiger partial charge >= 0.3 is 0 Å². The van der Waals surface area contributed by atoms with E-state index in [0.717, 1.165) is 16.9 Å². The van der Waals surface area contributed by atoms with E-state index in [1.807, 2.05) is 63.2 Å². The van der Waals surface area contributed by atoms with E-state index in [2.05, 4.69) is 0 Å². The van der Waals surface area contributed by atoms with Gasteiger partial charge in [-0.25, -0.2) is 0 Å². The van der Waals surface area contributed by atoms with E-state index in [1.54, 1.807) is 15.9 Å². The Hall–Kier alpha value is -2.62. The Labute approximate surface area is 136 Å². The van der Waals surface area contributed by atoms with Crippen LogP contribution >= 0.6 is 0 Å². The zero-order chi connectivity index (χ0) is 16.6. The third kappa shape index (κ3) is 2.61. The van der Waals surface area contributed by atoms with Crippen molar-refractivity contribution in [3.8, 4) is 0 Å². The highest BCUT2D eigenvalue weighted by atomic mass is 16.2. The van der Waals surface area contributed by atoms with E-state index in [9.17, 15) is 9.59 Å². The average molecular weight is 308 g/mol. The molecule has 118 valence electrons. The molecular formula is C19H20N2O2. The lowest BCUT2D eigenvalue weighted by Gasteiger charge is -2.38. The zero-order valence-corrected chi connectivity index (χ0v) is 13.6. The second kappa shape index (κ2) is 5.88. The van der Waals surface area contributed by atoms with Gasteiger partial charge in [-0.15, -0.1) is 0 Å². The number of carbonyl (C=O) groups is 2. The highest BCUT2D eigenvalue weighted by molar-refractivity contribution is 6.16. The van der Waals surface area contributed by atoms with Gasteiger partial charge in [0.25, 0.3) is 5.91 Å². The molecule has 2 aromatic rings. The normalized spacial score (nSPS) is 14.2. The first kappa shape index (κ1) is 15.3. The molecule has 4 nitrogen and oxygen atoms in total. The highest BCUT2D eigenvalue weighted by Crippen LogP contribution is 2.35. The van der Waals surface area contributed by atoms with Crippen molar-refractivity contribution in [1.29, 1.82) is 0 Å². The topological polar surface area (TPSA) is 40.6 Å². The van der Waals surface area contributed by atoms with Gasteiger partial charge in [0.1, 0.15) is 6.54 Å². The Balaban J connectivity index is 2.08. The molecule has 0 fully saturated rings. The van der Waals surface area contributed by atoms with E-state index >= 15 is 0 Å². The maximum atomic E-state index is 13.0. The van der Waals surface area contributed by atoms with Crippen LogP contribution < -0.4 is 9.80 Å². The monoisotopic (exact) mass is 308 g/mol. The summed E-state index contributed by atoms with van der Waals surface area (Å²) in [6.07, 6.45) is 0. The zero-order valence-electron chi connectivity index (χ0n) is 13.6. The molecule has 0 radical (unpaired) electrons. The van der Waals surface area contributed by atoms with Crippen LogP contribution in [-0.4, -0.2) is 24.4 Å². The standard InChI is InChI=1S/C19H20N2O2/c1-13(2)21-17-11-7-6-10-16(17)20(12-18(21)22)19(23)15-9-5-4-8-14(15)3/h4-11,13H,12H2,1-3H3. The molecule has 0 aromatic heterocycles. The number of benzene rings is 2. The van der Waals surface area contributed by atoms with Crippen LogP contribution in [0.1, 0.15) is 29.8 Å². The summed E-state index contributed by atoms with van der Waals surface area (Å²) in [6, 6.07) is 15.1. The summed E-state index contributed by atoms with van der Waals surface area (Å²) in [5, 5.41) is 0. The molecule has 0 atom stereocenters. The van der Waals surface area contributed by atoms with E-state index in [4.69, 9.17) is 0 Å². The third-order valence-electron chi connectivity index (χ3n) is 4.13. The van der Waals surface area contributed by atoms with E-state index in [1.165, 1.54) is 0 Å². The molecule has 2 amide bonds. The van der Waals surface area contributed by atoms with Crippen molar-refractivity contribution in [3.05, 3.63) is 59.7 Å². The van der Waals surface area contributed by atoms with Crippen LogP contribution in [0.3, 0.4) is 0 Å². The van der Waals surface area contributed by atoms with Crippen LogP contribution in [0.2, 0.25) is 0 Å². The van der Waals surface area contributed by atoms with Crippen LogP contribution in [0.15, 0.2) is 48.5 Å². The number of anilines is 2. The van der Waals surface area contributed by atoms with Crippen LogP contribution in [-0.2, 0) is 4.79 Å². The van der Waals surface area contributed by atoms with Gasteiger partial charge in [0.2, 0.25) is 5.91 Å². The Morgan fingerprint density at radius 2 is 1.61 bits per heavy atom. The fourth-order valence-electron chi connectivity index (χ4n) is 3.03. The molecular weight excluding hydrogens is 288 g/mol. The summed E-state index contributed by atoms with van der Waals surface area (Å²) >= 11 is 0. The number of fused-ring (bicyclic) bond motifs is 1. The van der Waals surface area contributed by atoms with Crippen LogP contribution in [0.25, 0.3) is 0 Å². The van der Waals surface area contributed by atoms with E-state index < -0.39 is 0 Å². The maximum absolute atomic E-state index is 13.0. The van der Waals surface area contributed by atoms with Gasteiger partial charge < -0.3 is 4.90 Å². The molecule has 23 heavy (non-hydrogen) atoms. The highest BCUT2D eigenvalue weighted by Gasteiger charge is 2.34. The number of para-hydroxylation sites is 2. The summed E-state index contributed by atoms with van der Waals surface area (Å²) in [7, 11) is 0. The molecule has 0 spiro atoms. The largest absolute Gasteiger partial charge is 0.306 e. The van der Waals surface area contributed by atoms with Crippen molar-refractivity contribution in [2.75, 3.05) is 16.3 Å². The minimum atomic E-state index is -0.132. The van der Waals surface area contributed by atoms with Crippen LogP contribution in [0, 0.1) is 6.92 Å². The molecule has 0 bridgehead atoms. The van der Waals surface area contributed by atoms with Crippen molar-refractivity contribution >= 4 is 23.2 Å². The van der Waals surface area contributed by atoms with Gasteiger partial charge in [-0.1, -0.05) is 30.3 Å². The first-order chi connectivity index (χ1) is 11.0. The fraction of sp³-hybridized carbons (Fsp3) is 0.263. The second-order valence-corrected chi connectivity index (χ2v) is 6.05. The lowest BCUT2D eigenvalue weighted by molar-refractivity contribution is -0.117. The molecule has 0 saturated carbocycles. The van der Waals surface area contributed by atoms with Crippen molar-refractivity contribution in [1.82, 2.24) is 0 Å². The lowest BCUT2D eigenvalue weighted by Crippen LogP contribution is -2.50. The van der Waals surface area contributed by atoms with Crippen molar-refractivity contribution in [2.45, 2.75) is 26.8 Å². The molecule has 1 aliphatic rings. The van der Waals surface area contributed by atoms with Gasteiger partial charge in [0.05, 0.1) is 11.4 Å². The predicted octanol–water partition coefficient (Wildman–Crippen LogP) is 3.40. The van der Waals surface area contributed by atoms with Gasteiger partial charge in [-0.3, -0.25) is 14.5 Å². The molecule has 0 saturated heterocycles. The number of aryl methyl sites for hydroxylation is 1. The smallest absolute Gasteiger partial charge is 0.259 e. The van der Waals surface area contributed by atoms with Gasteiger partial charge in [0, 0.05) is 11.6 Å². The van der Waals surface area contributed by atoms with Crippen LogP contribution in [0.4, 0.5) is 11.4 Å². The first-order valence-electron chi connectivity index (χ1n) is 7.79. The van der Waals surface area contributed by atoms with E-state index in [0.29, 0.717) is 5.56 Å². The average Bonchev–Trinajstić information content (AvgIpc) is 2.53. The minimum absolute atomic E-state index is 0.0550. The Bertz CT molecular complexity index is 767. The molecule has 2 aromatic carbocycles. The summed E-state index contributed by atoms with van der Waals surface area (Å²) in [6.45, 7) is 5.94. The molecule has 0 unspecified atom stereocenters. The van der Waals surface area contributed by atoms with Gasteiger partial charge in [0.15, 0.2) is 0 Å². The van der Waals surface area contributed by atoms with Gasteiger partial charge in [-0.2, -0.15) is 0 Å². The molecule has 4 heteroatoms. The fourth-order valence-corrected chi connectivity index (χ4v) is 3.03. The van der Waals surface area contributed by atoms with E-state index in [-0.39, 0.29) is 24.4 Å². The first-order valence-corrected chi connectivity index (χ1v) is 7.79. The number of rotatable bonds is 2. The second-order valence-electron chi connectivity index (χ2n) is 6.05. The maximum Gasteiger partial charge on any atom is 0.259 e. The number of carbonyl (C=O) groups excluding carboxylic acids is 2. The minimum Gasteiger partial charge on any atom is -0.306 e. The molecule has 3 rings (SSSR count).